The Bertz CT molecular complexity index is 976. The van der Waals surface area contributed by atoms with E-state index in [0.717, 1.165) is 19.3 Å². The number of ether oxygens (including phenoxy) is 1. The standard InChI is InChI=1S/C28H36N2O5/c1-3-19(2)26(27(32)33)30-25(31)16-6-4-5-11-17-29-28(34)35-18-24-22-14-9-7-12-20(22)21-13-8-10-15-23(21)24/h7-10,12-15,19,24,26H,3-6,11,16-18H2,1-2H3,(H,29,34)(H,30,31)(H,32,33). The summed E-state index contributed by atoms with van der Waals surface area (Å²) in [7, 11) is 0. The highest BCUT2D eigenvalue weighted by Crippen LogP contribution is 2.44. The van der Waals surface area contributed by atoms with Crippen LogP contribution in [0.5, 0.6) is 0 Å². The van der Waals surface area contributed by atoms with E-state index in [1.54, 1.807) is 0 Å². The fourth-order valence-corrected chi connectivity index (χ4v) is 4.53. The van der Waals surface area contributed by atoms with Crippen LogP contribution in [0.25, 0.3) is 11.1 Å². The predicted molar refractivity (Wildman–Crippen MR) is 135 cm³/mol. The van der Waals surface area contributed by atoms with Gasteiger partial charge in [0.1, 0.15) is 12.6 Å². The van der Waals surface area contributed by atoms with Gasteiger partial charge in [-0.1, -0.05) is 81.6 Å². The van der Waals surface area contributed by atoms with Crippen molar-refractivity contribution in [2.45, 2.75) is 64.3 Å². The summed E-state index contributed by atoms with van der Waals surface area (Å²) in [6, 6.07) is 15.6. The fourth-order valence-electron chi connectivity index (χ4n) is 4.53. The van der Waals surface area contributed by atoms with Gasteiger partial charge in [-0.3, -0.25) is 4.79 Å². The lowest BCUT2D eigenvalue weighted by atomic mass is 9.98. The van der Waals surface area contributed by atoms with Crippen molar-refractivity contribution in [2.75, 3.05) is 13.2 Å². The summed E-state index contributed by atoms with van der Waals surface area (Å²) in [6.45, 7) is 4.53. The molecule has 7 nitrogen and oxygen atoms in total. The molecule has 2 unspecified atom stereocenters. The zero-order chi connectivity index (χ0) is 25.2. The number of aliphatic carboxylic acids is 1. The number of carbonyl (C=O) groups is 3. The lowest BCUT2D eigenvalue weighted by molar-refractivity contribution is -0.143. The monoisotopic (exact) mass is 480 g/mol. The van der Waals surface area contributed by atoms with Gasteiger partial charge in [-0.15, -0.1) is 0 Å². The first-order chi connectivity index (χ1) is 16.9. The molecule has 0 saturated heterocycles. The number of hydrogen-bond donors (Lipinski definition) is 3. The minimum Gasteiger partial charge on any atom is -0.480 e. The summed E-state index contributed by atoms with van der Waals surface area (Å²) in [6.07, 6.45) is 3.75. The van der Waals surface area contributed by atoms with Crippen molar-refractivity contribution >= 4 is 18.0 Å². The first-order valence-electron chi connectivity index (χ1n) is 12.5. The Balaban J connectivity index is 1.30. The Labute approximate surface area is 207 Å². The van der Waals surface area contributed by atoms with E-state index in [9.17, 15) is 19.5 Å². The Morgan fingerprint density at radius 2 is 1.54 bits per heavy atom. The maximum Gasteiger partial charge on any atom is 0.407 e. The fraction of sp³-hybridized carbons (Fsp3) is 0.464. The molecule has 7 heteroatoms. The van der Waals surface area contributed by atoms with E-state index in [-0.39, 0.29) is 17.7 Å². The van der Waals surface area contributed by atoms with Gasteiger partial charge in [0, 0.05) is 18.9 Å². The van der Waals surface area contributed by atoms with E-state index in [1.807, 2.05) is 38.1 Å². The molecule has 0 aliphatic heterocycles. The Morgan fingerprint density at radius 3 is 2.14 bits per heavy atom. The SMILES string of the molecule is CCC(C)C(NC(=O)CCCCCCNC(=O)OCC1c2ccccc2-c2ccccc21)C(=O)O. The van der Waals surface area contributed by atoms with Crippen LogP contribution < -0.4 is 10.6 Å². The lowest BCUT2D eigenvalue weighted by Crippen LogP contribution is -2.44. The van der Waals surface area contributed by atoms with Crippen LogP contribution in [0, 0.1) is 5.92 Å². The molecule has 2 aromatic rings. The summed E-state index contributed by atoms with van der Waals surface area (Å²) < 4.78 is 5.53. The highest BCUT2D eigenvalue weighted by molar-refractivity contribution is 5.83. The van der Waals surface area contributed by atoms with E-state index in [0.29, 0.717) is 32.4 Å². The second-order valence-corrected chi connectivity index (χ2v) is 9.19. The number of unbranched alkanes of at least 4 members (excludes halogenated alkanes) is 3. The molecular weight excluding hydrogens is 444 g/mol. The van der Waals surface area contributed by atoms with Gasteiger partial charge in [0.15, 0.2) is 0 Å². The molecule has 0 saturated carbocycles. The van der Waals surface area contributed by atoms with Crippen molar-refractivity contribution in [3.05, 3.63) is 59.7 Å². The molecule has 2 amide bonds. The van der Waals surface area contributed by atoms with Crippen molar-refractivity contribution in [3.8, 4) is 11.1 Å². The number of benzene rings is 2. The van der Waals surface area contributed by atoms with Crippen molar-refractivity contribution in [2.24, 2.45) is 5.92 Å². The molecule has 3 rings (SSSR count). The van der Waals surface area contributed by atoms with Crippen molar-refractivity contribution in [3.63, 3.8) is 0 Å². The molecule has 0 aromatic heterocycles. The molecule has 2 aromatic carbocycles. The van der Waals surface area contributed by atoms with Crippen LogP contribution >= 0.6 is 0 Å². The van der Waals surface area contributed by atoms with Gasteiger partial charge in [0.25, 0.3) is 0 Å². The normalized spacial score (nSPS) is 13.9. The molecule has 0 spiro atoms. The van der Waals surface area contributed by atoms with Gasteiger partial charge in [-0.2, -0.15) is 0 Å². The smallest absolute Gasteiger partial charge is 0.407 e. The van der Waals surface area contributed by atoms with Crippen LogP contribution in [0.1, 0.15) is 69.4 Å². The van der Waals surface area contributed by atoms with Gasteiger partial charge in [-0.05, 0) is 41.0 Å². The van der Waals surface area contributed by atoms with E-state index in [2.05, 4.69) is 34.9 Å². The van der Waals surface area contributed by atoms with Gasteiger partial charge in [0.2, 0.25) is 5.91 Å². The highest BCUT2D eigenvalue weighted by atomic mass is 16.5. The summed E-state index contributed by atoms with van der Waals surface area (Å²) in [5.74, 6) is -1.29. The Kier molecular flexibility index (Phi) is 9.70. The van der Waals surface area contributed by atoms with Crippen LogP contribution in [0.3, 0.4) is 0 Å². The largest absolute Gasteiger partial charge is 0.480 e. The first kappa shape index (κ1) is 26.3. The molecule has 1 aliphatic carbocycles. The number of rotatable bonds is 13. The Hall–Kier alpha value is -3.35. The average Bonchev–Trinajstić information content (AvgIpc) is 3.18. The van der Waals surface area contributed by atoms with Crippen LogP contribution in [0.2, 0.25) is 0 Å². The van der Waals surface area contributed by atoms with E-state index in [1.165, 1.54) is 22.3 Å². The zero-order valence-corrected chi connectivity index (χ0v) is 20.6. The van der Waals surface area contributed by atoms with E-state index < -0.39 is 18.1 Å². The van der Waals surface area contributed by atoms with Gasteiger partial charge >= 0.3 is 12.1 Å². The topological polar surface area (TPSA) is 105 Å². The number of amides is 2. The maximum absolute atomic E-state index is 12.2. The summed E-state index contributed by atoms with van der Waals surface area (Å²) in [4.78, 5) is 35.6. The number of nitrogens with one attached hydrogen (secondary N) is 2. The Morgan fingerprint density at radius 1 is 0.943 bits per heavy atom. The number of carboxylic acids is 1. The maximum atomic E-state index is 12.2. The van der Waals surface area contributed by atoms with Crippen LogP contribution in [0.4, 0.5) is 4.79 Å². The van der Waals surface area contributed by atoms with Crippen molar-refractivity contribution in [1.82, 2.24) is 10.6 Å². The molecule has 1 aliphatic rings. The third-order valence-electron chi connectivity index (χ3n) is 6.74. The van der Waals surface area contributed by atoms with Crippen LogP contribution in [-0.4, -0.2) is 42.3 Å². The number of fused-ring (bicyclic) bond motifs is 3. The predicted octanol–water partition coefficient (Wildman–Crippen LogP) is 5.09. The van der Waals surface area contributed by atoms with Gasteiger partial charge < -0.3 is 20.5 Å². The molecule has 2 atom stereocenters. The third kappa shape index (κ3) is 7.07. The minimum atomic E-state index is -0.994. The molecule has 0 bridgehead atoms. The number of carbonyl (C=O) groups excluding carboxylic acids is 2. The summed E-state index contributed by atoms with van der Waals surface area (Å²) in [5.41, 5.74) is 4.77. The lowest BCUT2D eigenvalue weighted by Gasteiger charge is -2.20. The van der Waals surface area contributed by atoms with Crippen molar-refractivity contribution in [1.29, 1.82) is 0 Å². The molecule has 35 heavy (non-hydrogen) atoms. The number of hydrogen-bond acceptors (Lipinski definition) is 4. The summed E-state index contributed by atoms with van der Waals surface area (Å²) >= 11 is 0. The number of alkyl carbamates (subject to hydrolysis) is 1. The molecule has 0 radical (unpaired) electrons. The van der Waals surface area contributed by atoms with Crippen molar-refractivity contribution < 1.29 is 24.2 Å². The molecule has 0 fully saturated rings. The van der Waals surface area contributed by atoms with Gasteiger partial charge in [0.05, 0.1) is 0 Å². The second-order valence-electron chi connectivity index (χ2n) is 9.19. The third-order valence-corrected chi connectivity index (χ3v) is 6.74. The van der Waals surface area contributed by atoms with E-state index >= 15 is 0 Å². The molecule has 3 N–H and O–H groups in total. The first-order valence-corrected chi connectivity index (χ1v) is 12.5. The number of carboxylic acid groups (broad SMARTS) is 1. The quantitative estimate of drug-likeness (QED) is 0.346. The highest BCUT2D eigenvalue weighted by Gasteiger charge is 2.29. The molecule has 0 heterocycles. The molecule has 188 valence electrons. The minimum absolute atomic E-state index is 0.0420. The van der Waals surface area contributed by atoms with Crippen LogP contribution in [-0.2, 0) is 14.3 Å². The van der Waals surface area contributed by atoms with Gasteiger partial charge in [-0.25, -0.2) is 9.59 Å². The zero-order valence-electron chi connectivity index (χ0n) is 20.6. The second kappa shape index (κ2) is 12.9. The van der Waals surface area contributed by atoms with Crippen LogP contribution in [0.15, 0.2) is 48.5 Å². The molecular formula is C28H36N2O5. The average molecular weight is 481 g/mol. The summed E-state index contributed by atoms with van der Waals surface area (Å²) in [5, 5.41) is 14.7. The van der Waals surface area contributed by atoms with E-state index in [4.69, 9.17) is 4.74 Å².